The van der Waals surface area contributed by atoms with E-state index in [9.17, 15) is 23.7 Å². The van der Waals surface area contributed by atoms with Crippen molar-refractivity contribution in [3.8, 4) is 11.3 Å². The minimum absolute atomic E-state index is 0.0224. The Bertz CT molecular complexity index is 951. The highest BCUT2D eigenvalue weighted by Crippen LogP contribution is 2.24. The molecule has 0 aliphatic carbocycles. The predicted octanol–water partition coefficient (Wildman–Crippen LogP) is 3.52. The largest absolute Gasteiger partial charge is 0.305 e. The Morgan fingerprint density at radius 3 is 2.48 bits per heavy atom. The molecule has 25 heavy (non-hydrogen) atoms. The fraction of sp³-hybridized carbons (Fsp3) is 0. The number of aromatic nitrogens is 2. The maximum absolute atomic E-state index is 13.6. The molecule has 0 atom stereocenters. The lowest BCUT2D eigenvalue weighted by Crippen LogP contribution is -2.16. The minimum Gasteiger partial charge on any atom is -0.305 e. The summed E-state index contributed by atoms with van der Waals surface area (Å²) in [6.45, 7) is 0. The van der Waals surface area contributed by atoms with Gasteiger partial charge in [-0.2, -0.15) is 5.10 Å². The quantitative estimate of drug-likeness (QED) is 0.558. The van der Waals surface area contributed by atoms with Crippen LogP contribution < -0.4 is 5.32 Å². The molecule has 2 aromatic carbocycles. The van der Waals surface area contributed by atoms with Crippen LogP contribution in [0.25, 0.3) is 11.3 Å². The van der Waals surface area contributed by atoms with Gasteiger partial charge in [-0.1, -0.05) is 18.2 Å². The molecule has 0 spiro atoms. The summed E-state index contributed by atoms with van der Waals surface area (Å²) in [5, 5.41) is 19.5. The second kappa shape index (κ2) is 6.48. The number of nitro groups is 1. The number of carbonyl (C=O) groups excluding carboxylic acids is 1. The SMILES string of the molecule is O=C(Nc1cc(-c2cccc([N+](=O)[O-])c2)[nH]n1)c1c(F)cccc1F. The number of hydrogen-bond acceptors (Lipinski definition) is 4. The second-order valence-electron chi connectivity index (χ2n) is 5.03. The van der Waals surface area contributed by atoms with Gasteiger partial charge in [-0.25, -0.2) is 8.78 Å². The van der Waals surface area contributed by atoms with Gasteiger partial charge in [-0.15, -0.1) is 0 Å². The topological polar surface area (TPSA) is 101 Å². The summed E-state index contributed by atoms with van der Waals surface area (Å²) in [6.07, 6.45) is 0. The molecule has 9 heteroatoms. The van der Waals surface area contributed by atoms with E-state index in [-0.39, 0.29) is 11.5 Å². The molecular formula is C16H10F2N4O3. The first kappa shape index (κ1) is 16.2. The second-order valence-corrected chi connectivity index (χ2v) is 5.03. The number of aromatic amines is 1. The molecule has 0 aliphatic rings. The lowest BCUT2D eigenvalue weighted by molar-refractivity contribution is -0.384. The fourth-order valence-electron chi connectivity index (χ4n) is 2.21. The Balaban J connectivity index is 1.84. The molecule has 1 aromatic heterocycles. The van der Waals surface area contributed by atoms with Gasteiger partial charge >= 0.3 is 0 Å². The number of non-ortho nitro benzene ring substituents is 1. The number of H-pyrrole nitrogens is 1. The highest BCUT2D eigenvalue weighted by molar-refractivity contribution is 6.04. The number of rotatable bonds is 4. The zero-order valence-corrected chi connectivity index (χ0v) is 12.5. The summed E-state index contributed by atoms with van der Waals surface area (Å²) < 4.78 is 27.2. The van der Waals surface area contributed by atoms with Crippen LogP contribution in [-0.2, 0) is 0 Å². The summed E-state index contributed by atoms with van der Waals surface area (Å²) in [7, 11) is 0. The van der Waals surface area contributed by atoms with Crippen LogP contribution in [0.4, 0.5) is 20.3 Å². The van der Waals surface area contributed by atoms with E-state index in [1.165, 1.54) is 24.3 Å². The van der Waals surface area contributed by atoms with Gasteiger partial charge < -0.3 is 5.32 Å². The first-order valence-corrected chi connectivity index (χ1v) is 7.01. The molecule has 1 amide bonds. The van der Waals surface area contributed by atoms with Gasteiger partial charge in [-0.3, -0.25) is 20.0 Å². The van der Waals surface area contributed by atoms with E-state index in [0.717, 1.165) is 18.2 Å². The van der Waals surface area contributed by atoms with Crippen molar-refractivity contribution in [2.75, 3.05) is 5.32 Å². The van der Waals surface area contributed by atoms with Crippen molar-refractivity contribution < 1.29 is 18.5 Å². The number of benzene rings is 2. The molecule has 3 rings (SSSR count). The zero-order chi connectivity index (χ0) is 18.0. The smallest absolute Gasteiger partial charge is 0.270 e. The summed E-state index contributed by atoms with van der Waals surface area (Å²) >= 11 is 0. The maximum Gasteiger partial charge on any atom is 0.270 e. The molecule has 3 aromatic rings. The first-order chi connectivity index (χ1) is 12.0. The van der Waals surface area contributed by atoms with Crippen LogP contribution in [0.3, 0.4) is 0 Å². The number of nitrogens with one attached hydrogen (secondary N) is 2. The third kappa shape index (κ3) is 3.34. The Labute approximate surface area is 139 Å². The third-order valence-corrected chi connectivity index (χ3v) is 3.38. The maximum atomic E-state index is 13.6. The number of carbonyl (C=O) groups is 1. The van der Waals surface area contributed by atoms with Gasteiger partial charge in [0.05, 0.1) is 10.6 Å². The fourth-order valence-corrected chi connectivity index (χ4v) is 2.21. The Morgan fingerprint density at radius 2 is 1.80 bits per heavy atom. The molecule has 0 fully saturated rings. The van der Waals surface area contributed by atoms with Crippen molar-refractivity contribution in [2.45, 2.75) is 0 Å². The van der Waals surface area contributed by atoms with Gasteiger partial charge in [0.2, 0.25) is 0 Å². The van der Waals surface area contributed by atoms with Gasteiger partial charge in [0, 0.05) is 23.8 Å². The van der Waals surface area contributed by atoms with Crippen molar-refractivity contribution in [3.63, 3.8) is 0 Å². The van der Waals surface area contributed by atoms with Crippen molar-refractivity contribution in [2.24, 2.45) is 0 Å². The molecule has 0 saturated carbocycles. The van der Waals surface area contributed by atoms with Gasteiger partial charge in [0.25, 0.3) is 11.6 Å². The number of anilines is 1. The lowest BCUT2D eigenvalue weighted by atomic mass is 10.1. The Hall–Kier alpha value is -3.62. The highest BCUT2D eigenvalue weighted by Gasteiger charge is 2.18. The van der Waals surface area contributed by atoms with E-state index in [1.807, 2.05) is 0 Å². The van der Waals surface area contributed by atoms with Gasteiger partial charge in [-0.05, 0) is 12.1 Å². The van der Waals surface area contributed by atoms with Gasteiger partial charge in [0.15, 0.2) is 5.82 Å². The molecule has 2 N–H and O–H groups in total. The average Bonchev–Trinajstić information content (AvgIpc) is 3.03. The molecule has 1 heterocycles. The van der Waals surface area contributed by atoms with E-state index in [2.05, 4.69) is 15.5 Å². The summed E-state index contributed by atoms with van der Waals surface area (Å²) in [5.41, 5.74) is 0.0424. The van der Waals surface area contributed by atoms with Crippen LogP contribution in [0, 0.1) is 21.7 Å². The van der Waals surface area contributed by atoms with Crippen LogP contribution in [0.5, 0.6) is 0 Å². The van der Waals surface area contributed by atoms with Crippen molar-refractivity contribution in [1.82, 2.24) is 10.2 Å². The zero-order valence-electron chi connectivity index (χ0n) is 12.5. The molecule has 0 radical (unpaired) electrons. The summed E-state index contributed by atoms with van der Waals surface area (Å²) in [6, 6.07) is 10.3. The molecule has 0 saturated heterocycles. The van der Waals surface area contributed by atoms with Crippen molar-refractivity contribution in [3.05, 3.63) is 75.8 Å². The molecule has 0 aliphatic heterocycles. The predicted molar refractivity (Wildman–Crippen MR) is 85.0 cm³/mol. The number of halogens is 2. The number of nitro benzene ring substituents is 1. The molecule has 7 nitrogen and oxygen atoms in total. The van der Waals surface area contributed by atoms with Gasteiger partial charge in [0.1, 0.15) is 17.2 Å². The lowest BCUT2D eigenvalue weighted by Gasteiger charge is -2.04. The highest BCUT2D eigenvalue weighted by atomic mass is 19.1. The summed E-state index contributed by atoms with van der Waals surface area (Å²) in [5.74, 6) is -2.96. The third-order valence-electron chi connectivity index (χ3n) is 3.38. The molecule has 126 valence electrons. The van der Waals surface area contributed by atoms with Crippen LogP contribution >= 0.6 is 0 Å². The van der Waals surface area contributed by atoms with Crippen LogP contribution in [0.15, 0.2) is 48.5 Å². The minimum atomic E-state index is -0.994. The normalized spacial score (nSPS) is 10.5. The standard InChI is InChI=1S/C16H10F2N4O3/c17-11-5-2-6-12(18)15(11)16(23)19-14-8-13(20-21-14)9-3-1-4-10(7-9)22(24)25/h1-8H,(H2,19,20,21,23). The van der Waals surface area contributed by atoms with E-state index in [4.69, 9.17) is 0 Å². The molecule has 0 unspecified atom stereocenters. The Morgan fingerprint density at radius 1 is 1.12 bits per heavy atom. The van der Waals surface area contributed by atoms with Crippen LogP contribution in [0.1, 0.15) is 10.4 Å². The monoisotopic (exact) mass is 344 g/mol. The molecular weight excluding hydrogens is 334 g/mol. The van der Waals surface area contributed by atoms with E-state index in [0.29, 0.717) is 11.3 Å². The van der Waals surface area contributed by atoms with E-state index in [1.54, 1.807) is 6.07 Å². The van der Waals surface area contributed by atoms with Crippen LogP contribution in [0.2, 0.25) is 0 Å². The Kier molecular flexibility index (Phi) is 4.21. The van der Waals surface area contributed by atoms with Crippen molar-refractivity contribution in [1.29, 1.82) is 0 Å². The average molecular weight is 344 g/mol. The van der Waals surface area contributed by atoms with E-state index < -0.39 is 28.0 Å². The summed E-state index contributed by atoms with van der Waals surface area (Å²) in [4.78, 5) is 22.3. The van der Waals surface area contributed by atoms with Crippen molar-refractivity contribution >= 4 is 17.4 Å². The first-order valence-electron chi connectivity index (χ1n) is 7.01. The number of hydrogen-bond donors (Lipinski definition) is 2. The van der Waals surface area contributed by atoms with Crippen LogP contribution in [-0.4, -0.2) is 21.0 Å². The van der Waals surface area contributed by atoms with E-state index >= 15 is 0 Å². The number of amides is 1. The molecule has 0 bridgehead atoms. The number of nitrogens with zero attached hydrogens (tertiary/aromatic N) is 2.